The van der Waals surface area contributed by atoms with Gasteiger partial charge in [-0.1, -0.05) is 135 Å². The van der Waals surface area contributed by atoms with Crippen LogP contribution >= 0.6 is 11.8 Å². The van der Waals surface area contributed by atoms with E-state index in [1.165, 1.54) is 49.4 Å². The van der Waals surface area contributed by atoms with E-state index in [4.69, 9.17) is 4.74 Å². The van der Waals surface area contributed by atoms with Crippen molar-refractivity contribution in [3.63, 3.8) is 0 Å². The van der Waals surface area contributed by atoms with Crippen molar-refractivity contribution in [3.05, 3.63) is 175 Å². The highest BCUT2D eigenvalue weighted by Crippen LogP contribution is 2.59. The monoisotopic (exact) mass is 635 g/mol. The largest absolute Gasteiger partial charge is 0.454 e. The number of rotatable bonds is 5. The maximum absolute atomic E-state index is 6.65. The molecule has 0 radical (unpaired) electrons. The standard InChI is InChI=1S/C45H33NOS/c1-45(2)38-27-28-42-44(47-40-15-9-10-16-41(40)48-42)43(38)37-26-25-36(29-39(37)45)46(34-21-17-32(18-22-34)30-11-5-3-6-12-30)35-23-19-33(20-24-35)31-13-7-4-8-14-31/h3-29H,1-2H3. The van der Waals surface area contributed by atoms with Crippen LogP contribution < -0.4 is 9.64 Å². The van der Waals surface area contributed by atoms with Gasteiger partial charge in [-0.25, -0.2) is 0 Å². The van der Waals surface area contributed by atoms with Gasteiger partial charge in [-0.05, 0) is 93.5 Å². The number of benzene rings is 7. The number of hydrogen-bond donors (Lipinski definition) is 0. The first-order valence-corrected chi connectivity index (χ1v) is 17.2. The van der Waals surface area contributed by atoms with Crippen LogP contribution in [0.25, 0.3) is 33.4 Å². The fraction of sp³-hybridized carbons (Fsp3) is 0.0667. The molecule has 0 atom stereocenters. The Morgan fingerprint density at radius 2 is 1.02 bits per heavy atom. The minimum absolute atomic E-state index is 0.194. The lowest BCUT2D eigenvalue weighted by Crippen LogP contribution is -2.16. The molecule has 7 aromatic carbocycles. The van der Waals surface area contributed by atoms with Gasteiger partial charge >= 0.3 is 0 Å². The van der Waals surface area contributed by atoms with Gasteiger partial charge in [-0.3, -0.25) is 0 Å². The zero-order valence-electron chi connectivity index (χ0n) is 26.9. The van der Waals surface area contributed by atoms with Gasteiger partial charge in [0, 0.05) is 28.0 Å². The second-order valence-electron chi connectivity index (χ2n) is 13.0. The first-order valence-electron chi connectivity index (χ1n) is 16.4. The zero-order valence-corrected chi connectivity index (χ0v) is 27.7. The molecule has 48 heavy (non-hydrogen) atoms. The lowest BCUT2D eigenvalue weighted by atomic mass is 9.82. The summed E-state index contributed by atoms with van der Waals surface area (Å²) in [7, 11) is 0. The van der Waals surface area contributed by atoms with Crippen LogP contribution in [-0.2, 0) is 5.41 Å². The molecule has 0 amide bonds. The van der Waals surface area contributed by atoms with Crippen molar-refractivity contribution in [3.8, 4) is 44.9 Å². The Labute approximate surface area is 286 Å². The molecule has 0 fully saturated rings. The van der Waals surface area contributed by atoms with Crippen LogP contribution in [0.4, 0.5) is 17.1 Å². The summed E-state index contributed by atoms with van der Waals surface area (Å²) in [6, 6.07) is 58.8. The topological polar surface area (TPSA) is 12.5 Å². The average molecular weight is 636 g/mol. The highest BCUT2D eigenvalue weighted by molar-refractivity contribution is 7.99. The van der Waals surface area contributed by atoms with E-state index in [0.717, 1.165) is 33.5 Å². The summed E-state index contributed by atoms with van der Waals surface area (Å²) >= 11 is 1.79. The van der Waals surface area contributed by atoms with Crippen molar-refractivity contribution in [2.45, 2.75) is 29.1 Å². The zero-order chi connectivity index (χ0) is 32.2. The van der Waals surface area contributed by atoms with E-state index >= 15 is 0 Å². The number of fused-ring (bicyclic) bond motifs is 6. The van der Waals surface area contributed by atoms with E-state index in [9.17, 15) is 0 Å². The molecule has 2 nitrogen and oxygen atoms in total. The van der Waals surface area contributed by atoms with Gasteiger partial charge < -0.3 is 9.64 Å². The molecule has 1 heterocycles. The summed E-state index contributed by atoms with van der Waals surface area (Å²) < 4.78 is 6.65. The highest BCUT2D eigenvalue weighted by atomic mass is 32.2. The Hall–Kier alpha value is -5.51. The highest BCUT2D eigenvalue weighted by Gasteiger charge is 2.40. The van der Waals surface area contributed by atoms with Gasteiger partial charge in [0.05, 0.1) is 9.79 Å². The van der Waals surface area contributed by atoms with Crippen molar-refractivity contribution in [2.24, 2.45) is 0 Å². The van der Waals surface area contributed by atoms with Crippen LogP contribution in [0.1, 0.15) is 25.0 Å². The normalized spacial score (nSPS) is 13.5. The van der Waals surface area contributed by atoms with Crippen molar-refractivity contribution in [2.75, 3.05) is 4.90 Å². The Morgan fingerprint density at radius 3 is 1.65 bits per heavy atom. The lowest BCUT2D eigenvalue weighted by molar-refractivity contribution is 0.455. The molecule has 7 aromatic rings. The maximum Gasteiger partial charge on any atom is 0.149 e. The van der Waals surface area contributed by atoms with E-state index in [0.29, 0.717) is 0 Å². The van der Waals surface area contributed by atoms with E-state index in [1.807, 2.05) is 6.07 Å². The average Bonchev–Trinajstić information content (AvgIpc) is 3.38. The Morgan fingerprint density at radius 1 is 0.479 bits per heavy atom. The molecule has 0 N–H and O–H groups in total. The van der Waals surface area contributed by atoms with Crippen LogP contribution in [0.2, 0.25) is 0 Å². The van der Waals surface area contributed by atoms with Gasteiger partial charge in [0.1, 0.15) is 11.5 Å². The Bertz CT molecular complexity index is 2210. The van der Waals surface area contributed by atoms with E-state index in [2.05, 4.69) is 176 Å². The minimum Gasteiger partial charge on any atom is -0.454 e. The maximum atomic E-state index is 6.65. The van der Waals surface area contributed by atoms with Gasteiger partial charge in [0.2, 0.25) is 0 Å². The number of para-hydroxylation sites is 1. The van der Waals surface area contributed by atoms with E-state index in [-0.39, 0.29) is 5.41 Å². The van der Waals surface area contributed by atoms with Gasteiger partial charge in [-0.2, -0.15) is 0 Å². The van der Waals surface area contributed by atoms with Crippen molar-refractivity contribution in [1.82, 2.24) is 0 Å². The Kier molecular flexibility index (Phi) is 6.77. The van der Waals surface area contributed by atoms with Gasteiger partial charge in [-0.15, -0.1) is 0 Å². The predicted molar refractivity (Wildman–Crippen MR) is 200 cm³/mol. The smallest absolute Gasteiger partial charge is 0.149 e. The summed E-state index contributed by atoms with van der Waals surface area (Å²) in [6.07, 6.45) is 0. The van der Waals surface area contributed by atoms with Crippen LogP contribution in [0, 0.1) is 0 Å². The molecule has 1 aliphatic carbocycles. The molecule has 9 rings (SSSR count). The number of ether oxygens (including phenoxy) is 1. The molecule has 2 aliphatic rings. The van der Waals surface area contributed by atoms with Crippen LogP contribution in [0.15, 0.2) is 174 Å². The van der Waals surface area contributed by atoms with Crippen molar-refractivity contribution < 1.29 is 4.74 Å². The van der Waals surface area contributed by atoms with Crippen LogP contribution in [0.3, 0.4) is 0 Å². The summed E-state index contributed by atoms with van der Waals surface area (Å²) in [4.78, 5) is 4.70. The number of hydrogen-bond acceptors (Lipinski definition) is 3. The first kappa shape index (κ1) is 28.7. The quantitative estimate of drug-likeness (QED) is 0.187. The lowest BCUT2D eigenvalue weighted by Gasteiger charge is -2.28. The summed E-state index contributed by atoms with van der Waals surface area (Å²) in [5.74, 6) is 1.90. The molecule has 3 heteroatoms. The van der Waals surface area contributed by atoms with E-state index in [1.54, 1.807) is 11.8 Å². The molecule has 0 saturated carbocycles. The van der Waals surface area contributed by atoms with Crippen LogP contribution in [0.5, 0.6) is 11.5 Å². The predicted octanol–water partition coefficient (Wildman–Crippen LogP) is 13.1. The number of anilines is 3. The minimum atomic E-state index is -0.194. The summed E-state index contributed by atoms with van der Waals surface area (Å²) in [5, 5.41) is 0. The molecule has 1 aliphatic heterocycles. The molecule has 0 aromatic heterocycles. The SMILES string of the molecule is CC1(C)c2cc(N(c3ccc(-c4ccccc4)cc3)c3ccc(-c4ccccc4)cc3)ccc2-c2c1ccc1c2Oc2ccccc2S1. The van der Waals surface area contributed by atoms with Gasteiger partial charge in [0.15, 0.2) is 0 Å². The molecule has 0 bridgehead atoms. The van der Waals surface area contributed by atoms with Crippen molar-refractivity contribution in [1.29, 1.82) is 0 Å². The second-order valence-corrected chi connectivity index (χ2v) is 14.1. The third kappa shape index (κ3) is 4.73. The number of nitrogens with zero attached hydrogens (tertiary/aromatic N) is 1. The molecular formula is C45H33NOS. The molecule has 0 unspecified atom stereocenters. The third-order valence-electron chi connectivity index (χ3n) is 9.75. The summed E-state index contributed by atoms with van der Waals surface area (Å²) in [5.41, 5.74) is 13.1. The molecule has 230 valence electrons. The van der Waals surface area contributed by atoms with Gasteiger partial charge in [0.25, 0.3) is 0 Å². The van der Waals surface area contributed by atoms with Crippen molar-refractivity contribution >= 4 is 28.8 Å². The molecule has 0 spiro atoms. The van der Waals surface area contributed by atoms with Crippen LogP contribution in [-0.4, -0.2) is 0 Å². The fourth-order valence-corrected chi connectivity index (χ4v) is 8.21. The summed E-state index contributed by atoms with van der Waals surface area (Å²) in [6.45, 7) is 4.68. The molecular weight excluding hydrogens is 603 g/mol. The Balaban J connectivity index is 1.16. The van der Waals surface area contributed by atoms with E-state index < -0.39 is 0 Å². The molecule has 0 saturated heterocycles. The fourth-order valence-electron chi connectivity index (χ4n) is 7.25. The first-order chi connectivity index (χ1) is 23.5. The second kappa shape index (κ2) is 11.3. The third-order valence-corrected chi connectivity index (χ3v) is 10.8.